The highest BCUT2D eigenvalue weighted by Crippen LogP contribution is 2.51. The molecule has 0 amide bonds. The summed E-state index contributed by atoms with van der Waals surface area (Å²) in [5.74, 6) is 1.38. The van der Waals surface area contributed by atoms with E-state index in [2.05, 4.69) is 57.2 Å². The molecule has 0 spiro atoms. The maximum absolute atomic E-state index is 11.4. The topological polar surface area (TPSA) is 55.8 Å². The average molecular weight is 501 g/mol. The first kappa shape index (κ1) is 26.8. The van der Waals surface area contributed by atoms with Gasteiger partial charge in [0.05, 0.1) is 13.5 Å². The molecule has 1 N–H and O–H groups in total. The number of aliphatic carboxylic acids is 1. The van der Waals surface area contributed by atoms with Crippen molar-refractivity contribution in [1.29, 1.82) is 0 Å². The Hall–Kier alpha value is -3.27. The van der Waals surface area contributed by atoms with Crippen molar-refractivity contribution in [2.45, 2.75) is 77.7 Å². The predicted molar refractivity (Wildman–Crippen MR) is 149 cm³/mol. The summed E-state index contributed by atoms with van der Waals surface area (Å²) in [4.78, 5) is 11.4. The van der Waals surface area contributed by atoms with Crippen LogP contribution in [0.2, 0.25) is 0 Å². The Morgan fingerprint density at radius 1 is 1.05 bits per heavy atom. The van der Waals surface area contributed by atoms with E-state index in [1.165, 1.54) is 36.0 Å². The lowest BCUT2D eigenvalue weighted by Crippen LogP contribution is -2.16. The Morgan fingerprint density at radius 3 is 2.54 bits per heavy atom. The van der Waals surface area contributed by atoms with E-state index in [-0.39, 0.29) is 17.8 Å². The van der Waals surface area contributed by atoms with Crippen LogP contribution in [0.5, 0.6) is 11.5 Å². The summed E-state index contributed by atoms with van der Waals surface area (Å²) in [6, 6.07) is 23.0. The molecule has 0 unspecified atom stereocenters. The highest BCUT2D eigenvalue weighted by molar-refractivity contribution is 5.70. The van der Waals surface area contributed by atoms with Crippen LogP contribution in [0.4, 0.5) is 0 Å². The van der Waals surface area contributed by atoms with Crippen LogP contribution >= 0.6 is 0 Å². The maximum atomic E-state index is 11.4. The molecule has 3 aromatic carbocycles. The van der Waals surface area contributed by atoms with Crippen LogP contribution in [0, 0.1) is 5.41 Å². The van der Waals surface area contributed by atoms with Crippen LogP contribution in [0.15, 0.2) is 66.7 Å². The van der Waals surface area contributed by atoms with Gasteiger partial charge in [0.1, 0.15) is 18.1 Å². The molecule has 0 radical (unpaired) electrons. The summed E-state index contributed by atoms with van der Waals surface area (Å²) >= 11 is 0. The summed E-state index contributed by atoms with van der Waals surface area (Å²) in [6.07, 6.45) is 5.61. The van der Waals surface area contributed by atoms with Crippen LogP contribution in [0.1, 0.15) is 87.8 Å². The van der Waals surface area contributed by atoms with E-state index in [1.807, 2.05) is 30.3 Å². The lowest BCUT2D eigenvalue weighted by Gasteiger charge is -2.30. The van der Waals surface area contributed by atoms with Crippen LogP contribution in [0.3, 0.4) is 0 Å². The molecule has 4 rings (SSSR count). The highest BCUT2D eigenvalue weighted by Gasteiger charge is 2.36. The molecular weight excluding hydrogens is 460 g/mol. The Labute approximate surface area is 221 Å². The largest absolute Gasteiger partial charge is 0.497 e. The van der Waals surface area contributed by atoms with Gasteiger partial charge in [0.2, 0.25) is 0 Å². The molecule has 4 heteroatoms. The first-order valence-corrected chi connectivity index (χ1v) is 13.5. The van der Waals surface area contributed by atoms with Crippen molar-refractivity contribution in [3.05, 3.63) is 83.4 Å². The lowest BCUT2D eigenvalue weighted by molar-refractivity contribution is -0.137. The minimum absolute atomic E-state index is 0.00407. The second-order valence-corrected chi connectivity index (χ2v) is 11.0. The van der Waals surface area contributed by atoms with E-state index < -0.39 is 5.97 Å². The Morgan fingerprint density at radius 2 is 1.84 bits per heavy atom. The van der Waals surface area contributed by atoms with Gasteiger partial charge in [0.15, 0.2) is 0 Å². The van der Waals surface area contributed by atoms with Gasteiger partial charge in [-0.2, -0.15) is 0 Å². The van der Waals surface area contributed by atoms with Crippen LogP contribution < -0.4 is 9.47 Å². The van der Waals surface area contributed by atoms with Crippen molar-refractivity contribution in [3.8, 4) is 22.6 Å². The third kappa shape index (κ3) is 6.54. The number of rotatable bonds is 11. The molecule has 1 aliphatic rings. The van der Waals surface area contributed by atoms with Crippen LogP contribution in [-0.4, -0.2) is 18.2 Å². The summed E-state index contributed by atoms with van der Waals surface area (Å²) in [5.41, 5.74) is 6.25. The normalized spacial score (nSPS) is 17.4. The van der Waals surface area contributed by atoms with E-state index in [1.54, 1.807) is 7.11 Å². The first-order chi connectivity index (χ1) is 17.8. The number of methoxy groups -OCH3 is 1. The zero-order chi connectivity index (χ0) is 26.4. The Bertz CT molecular complexity index is 1210. The van der Waals surface area contributed by atoms with E-state index in [0.29, 0.717) is 12.5 Å². The summed E-state index contributed by atoms with van der Waals surface area (Å²) in [5, 5.41) is 9.34. The first-order valence-electron chi connectivity index (χ1n) is 13.5. The zero-order valence-electron chi connectivity index (χ0n) is 22.6. The fourth-order valence-electron chi connectivity index (χ4n) is 5.92. The number of hydrogen-bond donors (Lipinski definition) is 1. The highest BCUT2D eigenvalue weighted by atomic mass is 16.5. The standard InChI is InChI=1S/C33H40O4/c1-5-9-24(21-32(34)35)25-10-6-13-28(19-25)37-22-23-15-16-29(26-11-7-12-27(20-26)36-4)30(18-23)31-14-8-17-33(31,2)3/h6-7,10-13,15-16,18-20,24,31H,5,8-9,14,17,21-22H2,1-4H3,(H,34,35)/t24-,31+/m1/s1. The SMILES string of the molecule is CCC[C@H](CC(=O)O)c1cccc(OCc2ccc(-c3cccc(OC)c3)c([C@@H]3CCCC3(C)C)c2)c1. The van der Waals surface area contributed by atoms with Gasteiger partial charge < -0.3 is 14.6 Å². The van der Waals surface area contributed by atoms with E-state index in [9.17, 15) is 9.90 Å². The van der Waals surface area contributed by atoms with Gasteiger partial charge in [-0.05, 0) is 88.6 Å². The molecule has 2 atom stereocenters. The summed E-state index contributed by atoms with van der Waals surface area (Å²) in [6.45, 7) is 7.34. The summed E-state index contributed by atoms with van der Waals surface area (Å²) < 4.78 is 11.8. The number of carboxylic acids is 1. The number of benzene rings is 3. The smallest absolute Gasteiger partial charge is 0.303 e. The van der Waals surface area contributed by atoms with Crippen molar-refractivity contribution in [3.63, 3.8) is 0 Å². The van der Waals surface area contributed by atoms with Crippen molar-refractivity contribution < 1.29 is 19.4 Å². The van der Waals surface area contributed by atoms with E-state index in [4.69, 9.17) is 9.47 Å². The van der Waals surface area contributed by atoms with Crippen molar-refractivity contribution in [2.75, 3.05) is 7.11 Å². The van der Waals surface area contributed by atoms with Gasteiger partial charge in [0.25, 0.3) is 0 Å². The molecule has 0 aromatic heterocycles. The number of ether oxygens (including phenoxy) is 2. The van der Waals surface area contributed by atoms with Gasteiger partial charge in [-0.1, -0.05) is 76.1 Å². The quantitative estimate of drug-likeness (QED) is 0.286. The fraction of sp³-hybridized carbons (Fsp3) is 0.424. The molecule has 4 nitrogen and oxygen atoms in total. The van der Waals surface area contributed by atoms with Gasteiger partial charge >= 0.3 is 5.97 Å². The van der Waals surface area contributed by atoms with Gasteiger partial charge in [0, 0.05) is 0 Å². The fourth-order valence-corrected chi connectivity index (χ4v) is 5.92. The lowest BCUT2D eigenvalue weighted by atomic mass is 9.75. The Kier molecular flexibility index (Phi) is 8.58. The zero-order valence-corrected chi connectivity index (χ0v) is 22.6. The molecule has 1 saturated carbocycles. The molecule has 1 fully saturated rings. The molecule has 37 heavy (non-hydrogen) atoms. The second-order valence-electron chi connectivity index (χ2n) is 11.0. The third-order valence-corrected chi connectivity index (χ3v) is 7.92. The Balaban J connectivity index is 1.60. The van der Waals surface area contributed by atoms with Gasteiger partial charge in [-0.25, -0.2) is 0 Å². The molecular formula is C33H40O4. The van der Waals surface area contributed by atoms with Gasteiger partial charge in [-0.15, -0.1) is 0 Å². The summed E-state index contributed by atoms with van der Waals surface area (Å²) in [7, 11) is 1.71. The molecule has 196 valence electrons. The second kappa shape index (κ2) is 11.9. The molecule has 0 heterocycles. The predicted octanol–water partition coefficient (Wildman–Crippen LogP) is 8.59. The molecule has 3 aromatic rings. The van der Waals surface area contributed by atoms with Crippen LogP contribution in [0.25, 0.3) is 11.1 Å². The van der Waals surface area contributed by atoms with Gasteiger partial charge in [-0.3, -0.25) is 4.79 Å². The third-order valence-electron chi connectivity index (χ3n) is 7.92. The van der Waals surface area contributed by atoms with Crippen molar-refractivity contribution >= 4 is 5.97 Å². The average Bonchev–Trinajstić information content (AvgIpc) is 3.25. The molecule has 0 saturated heterocycles. The number of carbonyl (C=O) groups is 1. The molecule has 1 aliphatic carbocycles. The minimum Gasteiger partial charge on any atom is -0.497 e. The van der Waals surface area contributed by atoms with E-state index in [0.717, 1.165) is 35.5 Å². The number of carboxylic acid groups (broad SMARTS) is 1. The van der Waals surface area contributed by atoms with Crippen molar-refractivity contribution in [2.24, 2.45) is 5.41 Å². The maximum Gasteiger partial charge on any atom is 0.303 e. The van der Waals surface area contributed by atoms with Crippen molar-refractivity contribution in [1.82, 2.24) is 0 Å². The van der Waals surface area contributed by atoms with E-state index >= 15 is 0 Å². The number of hydrogen-bond acceptors (Lipinski definition) is 3. The monoisotopic (exact) mass is 500 g/mol. The van der Waals surface area contributed by atoms with Crippen LogP contribution in [-0.2, 0) is 11.4 Å². The minimum atomic E-state index is -0.761. The molecule has 0 aliphatic heterocycles. The molecule has 0 bridgehead atoms.